The monoisotopic (exact) mass is 361 g/mol. The van der Waals surface area contributed by atoms with Crippen molar-refractivity contribution >= 4 is 34.4 Å². The number of aryl methyl sites for hydroxylation is 1. The maximum atomic E-state index is 12.8. The fourth-order valence-corrected chi connectivity index (χ4v) is 3.76. The second kappa shape index (κ2) is 7.02. The Hall–Kier alpha value is -2.38. The number of aromatic nitrogens is 1. The van der Waals surface area contributed by atoms with E-state index in [4.69, 9.17) is 4.74 Å². The number of hydrogen-bond donors (Lipinski definition) is 0. The largest absolute Gasteiger partial charge is 0.453 e. The van der Waals surface area contributed by atoms with E-state index in [2.05, 4.69) is 4.98 Å². The summed E-state index contributed by atoms with van der Waals surface area (Å²) >= 11 is 2.78. The molecule has 0 aliphatic carbocycles. The Labute approximate surface area is 145 Å². The topological polar surface area (TPSA) is 56.3 Å². The molecule has 24 heavy (non-hydrogen) atoms. The smallest absolute Gasteiger partial charge is 0.350 e. The zero-order valence-corrected chi connectivity index (χ0v) is 14.2. The standard InChI is InChI=1S/C17H12FNO3S2/c1-10-15(24-16(19-10)14-3-2-8-23-14)17(21)22-9-13(20)11-4-6-12(18)7-5-11/h2-8H,9H2,1H3. The maximum absolute atomic E-state index is 12.8. The molecule has 0 aliphatic rings. The third kappa shape index (κ3) is 3.58. The predicted molar refractivity (Wildman–Crippen MR) is 91.2 cm³/mol. The molecule has 2 aromatic heterocycles. The third-order valence-corrected chi connectivity index (χ3v) is 5.39. The lowest BCUT2D eigenvalue weighted by Gasteiger charge is -2.03. The van der Waals surface area contributed by atoms with Gasteiger partial charge in [0, 0.05) is 5.56 Å². The molecule has 0 spiro atoms. The average molecular weight is 361 g/mol. The Morgan fingerprint density at radius 1 is 1.21 bits per heavy atom. The minimum Gasteiger partial charge on any atom is -0.453 e. The first-order valence-electron chi connectivity index (χ1n) is 7.02. The molecule has 2 heterocycles. The van der Waals surface area contributed by atoms with E-state index in [-0.39, 0.29) is 5.78 Å². The molecule has 3 aromatic rings. The summed E-state index contributed by atoms with van der Waals surface area (Å²) in [6.07, 6.45) is 0. The van der Waals surface area contributed by atoms with Crippen LogP contribution < -0.4 is 0 Å². The van der Waals surface area contributed by atoms with Crippen molar-refractivity contribution in [2.24, 2.45) is 0 Å². The molecule has 0 radical (unpaired) electrons. The fraction of sp³-hybridized carbons (Fsp3) is 0.118. The number of thiazole rings is 1. The summed E-state index contributed by atoms with van der Waals surface area (Å²) in [5, 5.41) is 2.69. The van der Waals surface area contributed by atoms with Crippen molar-refractivity contribution in [3.63, 3.8) is 0 Å². The van der Waals surface area contributed by atoms with Crippen molar-refractivity contribution in [3.05, 3.63) is 63.7 Å². The van der Waals surface area contributed by atoms with Gasteiger partial charge in [0.1, 0.15) is 15.7 Å². The average Bonchev–Trinajstić information content (AvgIpc) is 3.22. The van der Waals surface area contributed by atoms with Gasteiger partial charge >= 0.3 is 5.97 Å². The van der Waals surface area contributed by atoms with E-state index in [1.54, 1.807) is 6.92 Å². The number of carbonyl (C=O) groups excluding carboxylic acids is 2. The zero-order valence-electron chi connectivity index (χ0n) is 12.6. The van der Waals surface area contributed by atoms with E-state index in [0.717, 1.165) is 9.88 Å². The molecule has 0 bridgehead atoms. The summed E-state index contributed by atoms with van der Waals surface area (Å²) < 4.78 is 17.9. The normalized spacial score (nSPS) is 10.6. The molecule has 122 valence electrons. The first kappa shape index (κ1) is 16.5. The quantitative estimate of drug-likeness (QED) is 0.500. The molecule has 1 aromatic carbocycles. The van der Waals surface area contributed by atoms with Crippen molar-refractivity contribution in [1.29, 1.82) is 0 Å². The number of halogens is 1. The van der Waals surface area contributed by atoms with Crippen LogP contribution in [0.2, 0.25) is 0 Å². The van der Waals surface area contributed by atoms with Gasteiger partial charge in [-0.25, -0.2) is 14.2 Å². The number of ketones is 1. The number of benzene rings is 1. The summed E-state index contributed by atoms with van der Waals surface area (Å²) in [7, 11) is 0. The molecule has 0 amide bonds. The highest BCUT2D eigenvalue weighted by Gasteiger charge is 2.19. The Bertz CT molecular complexity index is 870. The van der Waals surface area contributed by atoms with Crippen molar-refractivity contribution in [2.45, 2.75) is 6.92 Å². The van der Waals surface area contributed by atoms with Gasteiger partial charge in [-0.1, -0.05) is 6.07 Å². The number of esters is 1. The highest BCUT2D eigenvalue weighted by Crippen LogP contribution is 2.31. The lowest BCUT2D eigenvalue weighted by molar-refractivity contribution is 0.0478. The summed E-state index contributed by atoms with van der Waals surface area (Å²) in [6, 6.07) is 8.94. The summed E-state index contributed by atoms with van der Waals surface area (Å²) in [4.78, 5) is 29.9. The van der Waals surface area contributed by atoms with Crippen LogP contribution >= 0.6 is 22.7 Å². The number of thiophene rings is 1. The molecule has 0 saturated heterocycles. The van der Waals surface area contributed by atoms with E-state index in [0.29, 0.717) is 16.1 Å². The molecule has 0 unspecified atom stereocenters. The van der Waals surface area contributed by atoms with Crippen LogP contribution in [0.15, 0.2) is 41.8 Å². The summed E-state index contributed by atoms with van der Waals surface area (Å²) in [6.45, 7) is 1.34. The van der Waals surface area contributed by atoms with Gasteiger partial charge in [-0.15, -0.1) is 22.7 Å². The molecular weight excluding hydrogens is 349 g/mol. The highest BCUT2D eigenvalue weighted by atomic mass is 32.1. The number of Topliss-reactive ketones (excluding diaryl/α,β-unsaturated/α-hetero) is 1. The van der Waals surface area contributed by atoms with Gasteiger partial charge in [0.15, 0.2) is 12.4 Å². The molecule has 4 nitrogen and oxygen atoms in total. The van der Waals surface area contributed by atoms with Crippen LogP contribution in [0.25, 0.3) is 9.88 Å². The molecular formula is C17H12FNO3S2. The van der Waals surface area contributed by atoms with Crippen LogP contribution in [0.4, 0.5) is 4.39 Å². The molecule has 0 saturated carbocycles. The van der Waals surface area contributed by atoms with Gasteiger partial charge in [0.25, 0.3) is 0 Å². The van der Waals surface area contributed by atoms with Gasteiger partial charge < -0.3 is 4.74 Å². The summed E-state index contributed by atoms with van der Waals surface area (Å²) in [5.41, 5.74) is 0.868. The number of ether oxygens (including phenoxy) is 1. The van der Waals surface area contributed by atoms with E-state index in [1.807, 2.05) is 17.5 Å². The first-order valence-corrected chi connectivity index (χ1v) is 8.71. The van der Waals surface area contributed by atoms with Gasteiger partial charge in [-0.3, -0.25) is 4.79 Å². The van der Waals surface area contributed by atoms with Crippen LogP contribution in [0, 0.1) is 12.7 Å². The third-order valence-electron chi connectivity index (χ3n) is 3.21. The predicted octanol–water partition coefficient (Wildman–Crippen LogP) is 4.36. The van der Waals surface area contributed by atoms with Crippen LogP contribution in [0.1, 0.15) is 25.7 Å². The molecule has 0 atom stereocenters. The number of rotatable bonds is 5. The van der Waals surface area contributed by atoms with E-state index in [1.165, 1.54) is 46.9 Å². The van der Waals surface area contributed by atoms with Crippen molar-refractivity contribution in [3.8, 4) is 9.88 Å². The lowest BCUT2D eigenvalue weighted by atomic mass is 10.1. The Morgan fingerprint density at radius 2 is 1.96 bits per heavy atom. The van der Waals surface area contributed by atoms with Gasteiger partial charge in [-0.05, 0) is 42.6 Å². The number of hydrogen-bond acceptors (Lipinski definition) is 6. The van der Waals surface area contributed by atoms with Gasteiger partial charge in [0.2, 0.25) is 0 Å². The molecule has 0 N–H and O–H groups in total. The highest BCUT2D eigenvalue weighted by molar-refractivity contribution is 7.22. The Morgan fingerprint density at radius 3 is 2.62 bits per heavy atom. The Kier molecular flexibility index (Phi) is 4.82. The maximum Gasteiger partial charge on any atom is 0.350 e. The van der Waals surface area contributed by atoms with Crippen LogP contribution in [0.3, 0.4) is 0 Å². The van der Waals surface area contributed by atoms with Crippen LogP contribution in [0.5, 0.6) is 0 Å². The number of nitrogens with zero attached hydrogens (tertiary/aromatic N) is 1. The molecule has 0 fully saturated rings. The van der Waals surface area contributed by atoms with E-state index >= 15 is 0 Å². The van der Waals surface area contributed by atoms with Gasteiger partial charge in [0.05, 0.1) is 10.6 Å². The molecule has 7 heteroatoms. The van der Waals surface area contributed by atoms with Crippen molar-refractivity contribution in [2.75, 3.05) is 6.61 Å². The minimum absolute atomic E-state index is 0.296. The van der Waals surface area contributed by atoms with Crippen LogP contribution in [-0.2, 0) is 4.74 Å². The second-order valence-electron chi connectivity index (χ2n) is 4.92. The van der Waals surface area contributed by atoms with Crippen molar-refractivity contribution < 1.29 is 18.7 Å². The van der Waals surface area contributed by atoms with Crippen LogP contribution in [-0.4, -0.2) is 23.3 Å². The summed E-state index contributed by atoms with van der Waals surface area (Å²) in [5.74, 6) is -1.39. The van der Waals surface area contributed by atoms with E-state index < -0.39 is 18.4 Å². The lowest BCUT2D eigenvalue weighted by Crippen LogP contribution is -2.14. The Balaban J connectivity index is 1.67. The first-order chi connectivity index (χ1) is 11.5. The fourth-order valence-electron chi connectivity index (χ4n) is 2.01. The van der Waals surface area contributed by atoms with E-state index in [9.17, 15) is 14.0 Å². The minimum atomic E-state index is -0.580. The second-order valence-corrected chi connectivity index (χ2v) is 6.86. The molecule has 0 aliphatic heterocycles. The van der Waals surface area contributed by atoms with Crippen molar-refractivity contribution in [1.82, 2.24) is 4.98 Å². The SMILES string of the molecule is Cc1nc(-c2cccs2)sc1C(=O)OCC(=O)c1ccc(F)cc1. The van der Waals surface area contributed by atoms with Gasteiger partial charge in [-0.2, -0.15) is 0 Å². The number of carbonyl (C=O) groups is 2. The molecule has 3 rings (SSSR count). The zero-order chi connectivity index (χ0) is 17.1.